The van der Waals surface area contributed by atoms with Gasteiger partial charge in [-0.2, -0.15) is 11.3 Å². The Morgan fingerprint density at radius 2 is 2.28 bits per heavy atom. The van der Waals surface area contributed by atoms with Crippen molar-refractivity contribution in [3.05, 3.63) is 52.0 Å². The van der Waals surface area contributed by atoms with Gasteiger partial charge in [0, 0.05) is 18.4 Å². The van der Waals surface area contributed by atoms with Crippen LogP contribution >= 0.6 is 11.3 Å². The number of aromatic nitrogens is 1. The molecule has 0 saturated carbocycles. The summed E-state index contributed by atoms with van der Waals surface area (Å²) in [4.78, 5) is 4.18. The summed E-state index contributed by atoms with van der Waals surface area (Å²) in [5, 5.41) is 8.02. The summed E-state index contributed by atoms with van der Waals surface area (Å²) in [6, 6.07) is 4.74. The minimum atomic E-state index is 0.391. The van der Waals surface area contributed by atoms with E-state index < -0.39 is 0 Å². The van der Waals surface area contributed by atoms with Crippen molar-refractivity contribution >= 4 is 11.3 Å². The van der Waals surface area contributed by atoms with E-state index in [9.17, 15) is 0 Å². The van der Waals surface area contributed by atoms with Crippen LogP contribution in [0.3, 0.4) is 0 Å². The molecule has 96 valence electrons. The minimum Gasteiger partial charge on any atom is -0.310 e. The van der Waals surface area contributed by atoms with Crippen LogP contribution in [-0.2, 0) is 6.42 Å². The molecule has 0 aromatic carbocycles. The van der Waals surface area contributed by atoms with Crippen LogP contribution in [0.15, 0.2) is 35.3 Å². The second kappa shape index (κ2) is 6.66. The van der Waals surface area contributed by atoms with E-state index in [0.717, 1.165) is 19.4 Å². The molecule has 0 amide bonds. The molecule has 2 heterocycles. The Morgan fingerprint density at radius 1 is 1.39 bits per heavy atom. The molecule has 1 unspecified atom stereocenters. The highest BCUT2D eigenvalue weighted by atomic mass is 32.1. The average molecular weight is 260 g/mol. The van der Waals surface area contributed by atoms with Crippen LogP contribution < -0.4 is 5.32 Å². The second-order valence-corrected chi connectivity index (χ2v) is 5.35. The summed E-state index contributed by atoms with van der Waals surface area (Å²) in [6.07, 6.45) is 6.04. The molecule has 0 radical (unpaired) electrons. The molecule has 1 N–H and O–H groups in total. The molecule has 2 nitrogen and oxygen atoms in total. The fraction of sp³-hybridized carbons (Fsp3) is 0.400. The topological polar surface area (TPSA) is 24.9 Å². The zero-order valence-corrected chi connectivity index (χ0v) is 11.8. The van der Waals surface area contributed by atoms with Gasteiger partial charge in [0.25, 0.3) is 0 Å². The van der Waals surface area contributed by atoms with Crippen LogP contribution in [0.4, 0.5) is 0 Å². The Kier molecular flexibility index (Phi) is 4.90. The van der Waals surface area contributed by atoms with Crippen molar-refractivity contribution in [2.75, 3.05) is 6.54 Å². The van der Waals surface area contributed by atoms with Crippen LogP contribution in [0, 0.1) is 6.92 Å². The molecule has 0 fully saturated rings. The van der Waals surface area contributed by atoms with Crippen molar-refractivity contribution in [2.45, 2.75) is 32.7 Å². The molecule has 3 heteroatoms. The lowest BCUT2D eigenvalue weighted by Crippen LogP contribution is -2.24. The smallest absolute Gasteiger partial charge is 0.0364 e. The summed E-state index contributed by atoms with van der Waals surface area (Å²) in [5.41, 5.74) is 4.04. The minimum absolute atomic E-state index is 0.391. The maximum atomic E-state index is 4.18. The lowest BCUT2D eigenvalue weighted by Gasteiger charge is -2.20. The average Bonchev–Trinajstić information content (AvgIpc) is 2.88. The Hall–Kier alpha value is -1.19. The Labute approximate surface area is 113 Å². The van der Waals surface area contributed by atoms with Gasteiger partial charge < -0.3 is 5.32 Å². The van der Waals surface area contributed by atoms with Crippen molar-refractivity contribution in [2.24, 2.45) is 0 Å². The maximum Gasteiger partial charge on any atom is 0.0364 e. The first-order valence-corrected chi connectivity index (χ1v) is 7.40. The molecule has 0 aliphatic rings. The molecular formula is C15H20N2S. The van der Waals surface area contributed by atoms with Gasteiger partial charge in [-0.25, -0.2) is 0 Å². The molecule has 0 bridgehead atoms. The SMILES string of the molecule is CCCNC(Cc1ccsc1)c1ccncc1C. The van der Waals surface area contributed by atoms with E-state index in [4.69, 9.17) is 0 Å². The van der Waals surface area contributed by atoms with Gasteiger partial charge >= 0.3 is 0 Å². The van der Waals surface area contributed by atoms with Gasteiger partial charge in [-0.05, 0) is 65.9 Å². The third-order valence-electron chi connectivity index (χ3n) is 3.10. The third kappa shape index (κ3) is 3.40. The number of pyridine rings is 1. The Balaban J connectivity index is 2.16. The van der Waals surface area contributed by atoms with E-state index in [-0.39, 0.29) is 0 Å². The van der Waals surface area contributed by atoms with Crippen molar-refractivity contribution in [1.29, 1.82) is 0 Å². The number of hydrogen-bond donors (Lipinski definition) is 1. The van der Waals surface area contributed by atoms with Gasteiger partial charge in [-0.1, -0.05) is 6.92 Å². The zero-order valence-electron chi connectivity index (χ0n) is 11.0. The molecule has 0 saturated heterocycles. The van der Waals surface area contributed by atoms with Crippen LogP contribution in [-0.4, -0.2) is 11.5 Å². The molecule has 0 aliphatic heterocycles. The summed E-state index contributed by atoms with van der Waals surface area (Å²) in [7, 11) is 0. The first-order valence-electron chi connectivity index (χ1n) is 6.46. The Bertz CT molecular complexity index is 465. The summed E-state index contributed by atoms with van der Waals surface area (Å²) >= 11 is 1.76. The molecule has 0 spiro atoms. The molecule has 1 atom stereocenters. The number of rotatable bonds is 6. The second-order valence-electron chi connectivity index (χ2n) is 4.57. The number of hydrogen-bond acceptors (Lipinski definition) is 3. The van der Waals surface area contributed by atoms with Crippen LogP contribution in [0.1, 0.15) is 36.1 Å². The number of nitrogens with zero attached hydrogens (tertiary/aromatic N) is 1. The predicted molar refractivity (Wildman–Crippen MR) is 78.0 cm³/mol. The van der Waals surface area contributed by atoms with E-state index in [1.807, 2.05) is 12.4 Å². The van der Waals surface area contributed by atoms with Gasteiger partial charge in [0.15, 0.2) is 0 Å². The van der Waals surface area contributed by atoms with Gasteiger partial charge in [-0.3, -0.25) is 4.98 Å². The lowest BCUT2D eigenvalue weighted by atomic mass is 9.98. The monoisotopic (exact) mass is 260 g/mol. The molecule has 2 rings (SSSR count). The maximum absolute atomic E-state index is 4.18. The van der Waals surface area contributed by atoms with Crippen LogP contribution in [0.2, 0.25) is 0 Å². The van der Waals surface area contributed by atoms with Gasteiger partial charge in [0.2, 0.25) is 0 Å². The fourth-order valence-electron chi connectivity index (χ4n) is 2.13. The van der Waals surface area contributed by atoms with Gasteiger partial charge in [0.1, 0.15) is 0 Å². The van der Waals surface area contributed by atoms with Crippen LogP contribution in [0.25, 0.3) is 0 Å². The first kappa shape index (κ1) is 13.2. The summed E-state index contributed by atoms with van der Waals surface area (Å²) < 4.78 is 0. The highest BCUT2D eigenvalue weighted by Gasteiger charge is 2.13. The van der Waals surface area contributed by atoms with Crippen molar-refractivity contribution in [1.82, 2.24) is 10.3 Å². The standard InChI is InChI=1S/C15H20N2S/c1-3-6-17-15(9-13-5-8-18-11-13)14-4-7-16-10-12(14)2/h4-5,7-8,10-11,15,17H,3,6,9H2,1-2H3. The summed E-state index contributed by atoms with van der Waals surface area (Å²) in [6.45, 7) is 5.39. The van der Waals surface area contributed by atoms with Crippen molar-refractivity contribution in [3.63, 3.8) is 0 Å². The highest BCUT2D eigenvalue weighted by Crippen LogP contribution is 2.22. The first-order chi connectivity index (χ1) is 8.81. The van der Waals surface area contributed by atoms with E-state index in [0.29, 0.717) is 6.04 Å². The van der Waals surface area contributed by atoms with Crippen LogP contribution in [0.5, 0.6) is 0 Å². The zero-order chi connectivity index (χ0) is 12.8. The normalized spacial score (nSPS) is 12.6. The fourth-order valence-corrected chi connectivity index (χ4v) is 2.81. The quantitative estimate of drug-likeness (QED) is 0.856. The molecular weight excluding hydrogens is 240 g/mol. The van der Waals surface area contributed by atoms with Gasteiger partial charge in [0.05, 0.1) is 0 Å². The highest BCUT2D eigenvalue weighted by molar-refractivity contribution is 7.07. The van der Waals surface area contributed by atoms with E-state index in [2.05, 4.69) is 47.0 Å². The Morgan fingerprint density at radius 3 is 2.94 bits per heavy atom. The van der Waals surface area contributed by atoms with Crippen molar-refractivity contribution in [3.8, 4) is 0 Å². The molecule has 2 aromatic heterocycles. The van der Waals surface area contributed by atoms with Crippen molar-refractivity contribution < 1.29 is 0 Å². The molecule has 18 heavy (non-hydrogen) atoms. The van der Waals surface area contributed by atoms with E-state index in [1.54, 1.807) is 11.3 Å². The lowest BCUT2D eigenvalue weighted by molar-refractivity contribution is 0.527. The summed E-state index contributed by atoms with van der Waals surface area (Å²) in [5.74, 6) is 0. The largest absolute Gasteiger partial charge is 0.310 e. The van der Waals surface area contributed by atoms with E-state index in [1.165, 1.54) is 16.7 Å². The van der Waals surface area contributed by atoms with E-state index >= 15 is 0 Å². The molecule has 2 aromatic rings. The number of aryl methyl sites for hydroxylation is 1. The van der Waals surface area contributed by atoms with Gasteiger partial charge in [-0.15, -0.1) is 0 Å². The predicted octanol–water partition coefficient (Wildman–Crippen LogP) is 3.73. The number of nitrogens with one attached hydrogen (secondary N) is 1. The third-order valence-corrected chi connectivity index (χ3v) is 3.83. The molecule has 0 aliphatic carbocycles. The number of thiophene rings is 1.